The summed E-state index contributed by atoms with van der Waals surface area (Å²) in [5.41, 5.74) is 0. The predicted molar refractivity (Wildman–Crippen MR) is 165 cm³/mol. The maximum absolute atomic E-state index is 12.9. The van der Waals surface area contributed by atoms with Crippen LogP contribution in [-0.2, 0) is 50.9 Å². The summed E-state index contributed by atoms with van der Waals surface area (Å²) in [7, 11) is -16.5. The van der Waals surface area contributed by atoms with Crippen LogP contribution in [0.15, 0.2) is 0 Å². The van der Waals surface area contributed by atoms with E-state index in [0.29, 0.717) is 12.8 Å². The van der Waals surface area contributed by atoms with E-state index < -0.39 is 91.3 Å². The molecular formula is C25H52NO19P3. The summed E-state index contributed by atoms with van der Waals surface area (Å²) in [4.78, 5) is 71.6. The van der Waals surface area contributed by atoms with Crippen molar-refractivity contribution in [3.8, 4) is 0 Å². The Morgan fingerprint density at radius 3 is 1.42 bits per heavy atom. The molecule has 0 spiro atoms. The summed E-state index contributed by atoms with van der Waals surface area (Å²) in [5, 5.41) is 31.4. The van der Waals surface area contributed by atoms with Gasteiger partial charge in [-0.2, -0.15) is 0 Å². The number of aliphatic hydroxyl groups is 3. The molecule has 1 aliphatic rings. The van der Waals surface area contributed by atoms with Crippen molar-refractivity contribution < 1.29 is 90.6 Å². The molecule has 0 heterocycles. The number of phosphoric ester groups is 3. The number of hydrogen-bond acceptors (Lipinski definition) is 15. The van der Waals surface area contributed by atoms with Gasteiger partial charge in [0.2, 0.25) is 0 Å². The standard InChI is InChI=1S/C25H49O19P3.H3N/c1-3-5-7-9-11-13-18(26)39-15-17(41-19(27)14-12-10-8-6-4-2)16-40-47(37,38)44-25-21(29)23(42-45(31,32)33)20(28)24(22(25)30)43-46(34,35)36;/h17,20-25,28-30H,3-16H2,1-2H3,(H,37,38)(H2,31,32,33)(H2,34,35,36);1H3/t17-,20?,21-,22-,23-,24+,25?;/m1./s1. The molecule has 48 heavy (non-hydrogen) atoms. The zero-order valence-corrected chi connectivity index (χ0v) is 29.7. The molecule has 3 unspecified atom stereocenters. The third kappa shape index (κ3) is 19.5. The van der Waals surface area contributed by atoms with Crippen LogP contribution in [0.5, 0.6) is 0 Å². The molecule has 11 N–H and O–H groups in total. The lowest BCUT2D eigenvalue weighted by Gasteiger charge is -2.44. The minimum atomic E-state index is -5.53. The largest absolute Gasteiger partial charge is 0.472 e. The Kier molecular flexibility index (Phi) is 22.4. The first kappa shape index (κ1) is 47.1. The van der Waals surface area contributed by atoms with E-state index in [1.54, 1.807) is 0 Å². The number of aliphatic hydroxyl groups excluding tert-OH is 3. The first-order valence-electron chi connectivity index (χ1n) is 15.3. The summed E-state index contributed by atoms with van der Waals surface area (Å²) in [6, 6.07) is 0. The number of unbranched alkanes of at least 4 members (excludes halogenated alkanes) is 8. The van der Waals surface area contributed by atoms with Crippen molar-refractivity contribution in [3.05, 3.63) is 0 Å². The number of hydrogen-bond donors (Lipinski definition) is 9. The first-order valence-corrected chi connectivity index (χ1v) is 19.9. The van der Waals surface area contributed by atoms with Crippen LogP contribution in [0.2, 0.25) is 0 Å². The molecule has 8 atom stereocenters. The lowest BCUT2D eigenvalue weighted by Crippen LogP contribution is -2.65. The molecule has 0 bridgehead atoms. The van der Waals surface area contributed by atoms with Crippen LogP contribution < -0.4 is 6.15 Å². The first-order chi connectivity index (χ1) is 21.8. The Morgan fingerprint density at radius 2 is 1.00 bits per heavy atom. The zero-order valence-electron chi connectivity index (χ0n) is 27.1. The lowest BCUT2D eigenvalue weighted by molar-refractivity contribution is -0.213. The van der Waals surface area contributed by atoms with E-state index in [2.05, 4.69) is 9.05 Å². The molecule has 286 valence electrons. The van der Waals surface area contributed by atoms with Gasteiger partial charge in [0.05, 0.1) is 6.61 Å². The van der Waals surface area contributed by atoms with E-state index >= 15 is 0 Å². The van der Waals surface area contributed by atoms with Crippen molar-refractivity contribution in [2.75, 3.05) is 13.2 Å². The molecule has 0 aromatic carbocycles. The van der Waals surface area contributed by atoms with E-state index in [1.165, 1.54) is 0 Å². The zero-order chi connectivity index (χ0) is 35.8. The minimum absolute atomic E-state index is 0. The smallest absolute Gasteiger partial charge is 0.462 e. The second kappa shape index (κ2) is 22.8. The Labute approximate surface area is 279 Å². The summed E-state index contributed by atoms with van der Waals surface area (Å²) in [6.45, 7) is 2.56. The lowest BCUT2D eigenvalue weighted by atomic mass is 9.85. The highest BCUT2D eigenvalue weighted by Gasteiger charge is 2.56. The van der Waals surface area contributed by atoms with Gasteiger partial charge in [0.1, 0.15) is 43.2 Å². The number of carbonyl (C=O) groups excluding carboxylic acids is 2. The average molecular weight is 764 g/mol. The molecule has 1 rings (SSSR count). The van der Waals surface area contributed by atoms with Gasteiger partial charge < -0.3 is 55.4 Å². The maximum Gasteiger partial charge on any atom is 0.472 e. The second-order valence-corrected chi connectivity index (χ2v) is 14.8. The minimum Gasteiger partial charge on any atom is -0.462 e. The van der Waals surface area contributed by atoms with Gasteiger partial charge in [-0.05, 0) is 12.8 Å². The van der Waals surface area contributed by atoms with Crippen LogP contribution in [0.25, 0.3) is 0 Å². The number of phosphoric acid groups is 3. The molecule has 20 nitrogen and oxygen atoms in total. The maximum atomic E-state index is 12.9. The van der Waals surface area contributed by atoms with Crippen molar-refractivity contribution in [3.63, 3.8) is 0 Å². The Morgan fingerprint density at radius 1 is 0.604 bits per heavy atom. The monoisotopic (exact) mass is 763 g/mol. The molecule has 0 saturated heterocycles. The van der Waals surface area contributed by atoms with Gasteiger partial charge in [0.25, 0.3) is 0 Å². The van der Waals surface area contributed by atoms with Crippen LogP contribution in [0.1, 0.15) is 90.9 Å². The second-order valence-electron chi connectivity index (χ2n) is 11.1. The van der Waals surface area contributed by atoms with Crippen molar-refractivity contribution in [2.45, 2.75) is 134 Å². The normalized spacial score (nSPS) is 25.0. The van der Waals surface area contributed by atoms with Gasteiger partial charge in [-0.1, -0.05) is 65.2 Å². The van der Waals surface area contributed by atoms with Gasteiger partial charge in [-0.15, -0.1) is 0 Å². The number of carbonyl (C=O) groups is 2. The molecule has 1 saturated carbocycles. The average Bonchev–Trinajstić information content (AvgIpc) is 2.96. The summed E-state index contributed by atoms with van der Waals surface area (Å²) >= 11 is 0. The SMILES string of the molecule is CCCCCCCC(=O)OC[C@H](COP(=O)(O)OC1[C@H](O)[C@H](OP(=O)(O)O)C(O)[C@H](OP(=O)(O)O)[C@H]1O)OC(=O)CCCCCCC.N. The molecule has 0 aliphatic heterocycles. The fraction of sp³-hybridized carbons (Fsp3) is 0.920. The van der Waals surface area contributed by atoms with Gasteiger partial charge in [-0.3, -0.25) is 27.7 Å². The van der Waals surface area contributed by atoms with E-state index in [0.717, 1.165) is 51.4 Å². The van der Waals surface area contributed by atoms with Crippen molar-refractivity contribution >= 4 is 35.4 Å². The molecule has 0 aromatic rings. The predicted octanol–water partition coefficient (Wildman–Crippen LogP) is 1.88. The van der Waals surface area contributed by atoms with Crippen LogP contribution in [0.3, 0.4) is 0 Å². The third-order valence-electron chi connectivity index (χ3n) is 6.91. The van der Waals surface area contributed by atoms with Gasteiger partial charge in [0, 0.05) is 12.8 Å². The molecule has 1 fully saturated rings. The fourth-order valence-corrected chi connectivity index (χ4v) is 6.69. The van der Waals surface area contributed by atoms with Gasteiger partial charge in [0.15, 0.2) is 6.10 Å². The van der Waals surface area contributed by atoms with Crippen LogP contribution in [0, 0.1) is 0 Å². The molecule has 1 aliphatic carbocycles. The quantitative estimate of drug-likeness (QED) is 0.0385. The third-order valence-corrected chi connectivity index (χ3v) is 8.93. The van der Waals surface area contributed by atoms with Gasteiger partial charge >= 0.3 is 35.4 Å². The van der Waals surface area contributed by atoms with Crippen LogP contribution >= 0.6 is 23.5 Å². The van der Waals surface area contributed by atoms with E-state index in [-0.39, 0.29) is 19.0 Å². The van der Waals surface area contributed by atoms with Crippen LogP contribution in [-0.4, -0.2) is 108 Å². The fourth-order valence-electron chi connectivity index (χ4n) is 4.58. The summed E-state index contributed by atoms with van der Waals surface area (Å²) < 4.78 is 64.2. The number of ether oxygens (including phenoxy) is 2. The van der Waals surface area contributed by atoms with Crippen molar-refractivity contribution in [2.24, 2.45) is 0 Å². The topological polar surface area (TPSA) is 338 Å². The van der Waals surface area contributed by atoms with E-state index in [4.69, 9.17) is 38.1 Å². The summed E-state index contributed by atoms with van der Waals surface area (Å²) in [6.07, 6.45) is -7.85. The Hall–Kier alpha value is -0.890. The van der Waals surface area contributed by atoms with Crippen molar-refractivity contribution in [1.82, 2.24) is 6.15 Å². The van der Waals surface area contributed by atoms with Gasteiger partial charge in [-0.25, -0.2) is 13.7 Å². The Balaban J connectivity index is 0.0000221. The van der Waals surface area contributed by atoms with E-state index in [9.17, 15) is 43.5 Å². The highest BCUT2D eigenvalue weighted by Crippen LogP contribution is 2.51. The number of rotatable bonds is 24. The Bertz CT molecular complexity index is 1050. The van der Waals surface area contributed by atoms with E-state index in [1.807, 2.05) is 13.8 Å². The molecule has 23 heteroatoms. The number of esters is 2. The molecule has 0 radical (unpaired) electrons. The van der Waals surface area contributed by atoms with Crippen LogP contribution in [0.4, 0.5) is 0 Å². The van der Waals surface area contributed by atoms with Crippen molar-refractivity contribution in [1.29, 1.82) is 0 Å². The summed E-state index contributed by atoms with van der Waals surface area (Å²) in [5.74, 6) is -1.34. The highest BCUT2D eigenvalue weighted by molar-refractivity contribution is 7.47. The highest BCUT2D eigenvalue weighted by atomic mass is 31.2. The molecule has 0 aromatic heterocycles. The molecule has 0 amide bonds. The molecular weight excluding hydrogens is 711 g/mol.